The number of allylic oxidation sites excluding steroid dienone is 1. The number of rotatable bonds is 27. The number of nitrogens with one attached hydrogen (secondary N) is 2. The molecular weight excluding hydrogens is 977 g/mol. The number of ether oxygens (including phenoxy) is 5. The Bertz CT molecular complexity index is 2770. The molecule has 15 heteroatoms. The number of nitrogens with zero attached hydrogens (tertiary/aromatic N) is 2. The van der Waals surface area contributed by atoms with Crippen molar-refractivity contribution in [2.45, 2.75) is 155 Å². The molecule has 0 aliphatic carbocycles. The molecule has 4 atom stereocenters. The first-order valence-electron chi connectivity index (χ1n) is 27.6. The highest BCUT2D eigenvalue weighted by Gasteiger charge is 2.45. The molecule has 0 saturated carbocycles. The molecule has 0 aromatic heterocycles. The molecule has 0 bridgehead atoms. The van der Waals surface area contributed by atoms with Gasteiger partial charge in [0.1, 0.15) is 29.7 Å². The zero-order chi connectivity index (χ0) is 55.0. The maximum absolute atomic E-state index is 14.5. The minimum absolute atomic E-state index is 0.124. The molecule has 412 valence electrons. The van der Waals surface area contributed by atoms with E-state index in [9.17, 15) is 28.8 Å². The van der Waals surface area contributed by atoms with Crippen LogP contribution >= 0.6 is 0 Å². The van der Waals surface area contributed by atoms with Crippen LogP contribution in [0.1, 0.15) is 169 Å². The number of unbranched alkanes of at least 4 members (excludes halogenated alkanes) is 7. The van der Waals surface area contributed by atoms with Crippen LogP contribution in [0.4, 0.5) is 0 Å². The standard InChI is InChI=1S/C62H78N4O11/c1-8-46(45-37-42(4)57(74-7)54(38-45)73-6)59(69)65-34-19-17-24-50(65)62(72)77-52(32-30-44-29-27-40(2)41(3)36-44)47-22-15-16-25-51(47)76-39-55(67)63-33-18-13-11-9-10-12-14-20-35-75-53-26-21-23-48-56(53)61(71)66(60(48)70)49-31-28-43(5)64-58(49)68/h15-16,21-23,25-27,29,36-38,46,49-50,52H,5,8-14,17-20,24,28,30-35,39H2,1-4,6-7H3,(H,63,67)(H,64,68)/t46-,49?,50-,52+/m0/s1. The van der Waals surface area contributed by atoms with Gasteiger partial charge < -0.3 is 39.2 Å². The first-order valence-corrected chi connectivity index (χ1v) is 27.6. The Morgan fingerprint density at radius 1 is 0.766 bits per heavy atom. The van der Waals surface area contributed by atoms with Crippen LogP contribution in [0.3, 0.4) is 0 Å². The van der Waals surface area contributed by atoms with E-state index < -0.39 is 47.8 Å². The second-order valence-electron chi connectivity index (χ2n) is 20.6. The molecule has 5 amide bonds. The van der Waals surface area contributed by atoms with E-state index in [1.54, 1.807) is 43.4 Å². The number of likely N-dealkylation sites (tertiary alicyclic amines) is 1. The van der Waals surface area contributed by atoms with Crippen molar-refractivity contribution in [1.29, 1.82) is 0 Å². The molecule has 0 radical (unpaired) electrons. The minimum atomic E-state index is -0.870. The third kappa shape index (κ3) is 14.5. The van der Waals surface area contributed by atoms with Crippen molar-refractivity contribution in [3.05, 3.63) is 130 Å². The van der Waals surface area contributed by atoms with Crippen molar-refractivity contribution < 1.29 is 52.5 Å². The normalized spacial score (nSPS) is 17.1. The predicted octanol–water partition coefficient (Wildman–Crippen LogP) is 10.5. The molecule has 1 unspecified atom stereocenters. The van der Waals surface area contributed by atoms with Gasteiger partial charge in [0.15, 0.2) is 18.1 Å². The summed E-state index contributed by atoms with van der Waals surface area (Å²) in [5.41, 5.74) is 6.86. The van der Waals surface area contributed by atoms with Gasteiger partial charge in [-0.25, -0.2) is 4.79 Å². The Morgan fingerprint density at radius 3 is 2.23 bits per heavy atom. The zero-order valence-corrected chi connectivity index (χ0v) is 46.0. The van der Waals surface area contributed by atoms with Crippen LogP contribution in [-0.4, -0.2) is 97.9 Å². The van der Waals surface area contributed by atoms with E-state index in [0.717, 1.165) is 85.8 Å². The second-order valence-corrected chi connectivity index (χ2v) is 20.6. The molecule has 3 heterocycles. The molecular formula is C62H78N4O11. The van der Waals surface area contributed by atoms with Crippen molar-refractivity contribution in [1.82, 2.24) is 20.4 Å². The molecule has 4 aromatic rings. The van der Waals surface area contributed by atoms with E-state index in [4.69, 9.17) is 23.7 Å². The molecule has 0 spiro atoms. The first kappa shape index (κ1) is 57.5. The summed E-state index contributed by atoms with van der Waals surface area (Å²) in [6, 6.07) is 20.9. The van der Waals surface area contributed by atoms with E-state index in [1.165, 1.54) is 11.1 Å². The van der Waals surface area contributed by atoms with Gasteiger partial charge in [-0.3, -0.25) is 28.9 Å². The summed E-state index contributed by atoms with van der Waals surface area (Å²) in [4.78, 5) is 84.1. The number of hydrogen-bond acceptors (Lipinski definition) is 11. The van der Waals surface area contributed by atoms with Crippen molar-refractivity contribution in [2.24, 2.45) is 0 Å². The average molecular weight is 1060 g/mol. The van der Waals surface area contributed by atoms with E-state index in [2.05, 4.69) is 49.3 Å². The number of aryl methyl sites for hydroxylation is 4. The van der Waals surface area contributed by atoms with Crippen LogP contribution < -0.4 is 29.6 Å². The first-order chi connectivity index (χ1) is 37.2. The Labute approximate surface area is 454 Å². The number of hydrogen-bond donors (Lipinski definition) is 2. The van der Waals surface area contributed by atoms with Crippen molar-refractivity contribution >= 4 is 35.5 Å². The van der Waals surface area contributed by atoms with Crippen LogP contribution in [0.15, 0.2) is 85.1 Å². The number of benzene rings is 4. The lowest BCUT2D eigenvalue weighted by atomic mass is 9.91. The number of esters is 1. The molecule has 77 heavy (non-hydrogen) atoms. The highest BCUT2D eigenvalue weighted by Crippen LogP contribution is 2.39. The number of methoxy groups -OCH3 is 2. The quantitative estimate of drug-likeness (QED) is 0.0330. The topological polar surface area (TPSA) is 179 Å². The summed E-state index contributed by atoms with van der Waals surface area (Å²) >= 11 is 0. The number of carbonyl (C=O) groups is 6. The fourth-order valence-corrected chi connectivity index (χ4v) is 10.8. The fourth-order valence-electron chi connectivity index (χ4n) is 10.8. The van der Waals surface area contributed by atoms with Crippen LogP contribution in [0.2, 0.25) is 0 Å². The number of fused-ring (bicyclic) bond motifs is 1. The van der Waals surface area contributed by atoms with Crippen LogP contribution in [-0.2, 0) is 30.3 Å². The van der Waals surface area contributed by atoms with Gasteiger partial charge in [0.05, 0.1) is 37.9 Å². The van der Waals surface area contributed by atoms with Gasteiger partial charge in [-0.2, -0.15) is 0 Å². The molecule has 15 nitrogen and oxygen atoms in total. The molecule has 2 N–H and O–H groups in total. The maximum Gasteiger partial charge on any atom is 0.329 e. The molecule has 7 rings (SSSR count). The van der Waals surface area contributed by atoms with Gasteiger partial charge in [-0.1, -0.05) is 101 Å². The third-order valence-corrected chi connectivity index (χ3v) is 15.2. The number of imide groups is 1. The number of carbonyl (C=O) groups excluding carboxylic acids is 6. The number of amides is 5. The summed E-state index contributed by atoms with van der Waals surface area (Å²) in [6.07, 6.45) is 11.6. The summed E-state index contributed by atoms with van der Waals surface area (Å²) in [6.45, 7) is 13.0. The van der Waals surface area contributed by atoms with Crippen molar-refractivity contribution in [3.63, 3.8) is 0 Å². The summed E-state index contributed by atoms with van der Waals surface area (Å²) in [5.74, 6) is -0.713. The summed E-state index contributed by atoms with van der Waals surface area (Å²) in [5, 5.41) is 5.65. The molecule has 2 saturated heterocycles. The van der Waals surface area contributed by atoms with Gasteiger partial charge in [-0.05, 0) is 137 Å². The lowest BCUT2D eigenvalue weighted by Gasteiger charge is -2.37. The van der Waals surface area contributed by atoms with Crippen LogP contribution in [0.25, 0.3) is 0 Å². The lowest BCUT2D eigenvalue weighted by molar-refractivity contribution is -0.162. The molecule has 3 aliphatic heterocycles. The molecule has 4 aromatic carbocycles. The SMILES string of the molecule is C=C1CCC(N2C(=O)c3cccc(OCCCCCCCCCCNC(=O)COc4ccccc4[C@@H](CCc4ccc(C)c(C)c4)OC(=O)[C@@H]4CCCCN4C(=O)[C@@H](CC)c4cc(C)c(OC)c(OC)c4)c3C2=O)C(=O)N1. The van der Waals surface area contributed by atoms with Crippen molar-refractivity contribution in [3.8, 4) is 23.0 Å². The Balaban J connectivity index is 0.859. The minimum Gasteiger partial charge on any atom is -0.493 e. The Hall–Kier alpha value is -7.16. The monoisotopic (exact) mass is 1050 g/mol. The van der Waals surface area contributed by atoms with E-state index >= 15 is 0 Å². The lowest BCUT2D eigenvalue weighted by Crippen LogP contribution is -2.51. The smallest absolute Gasteiger partial charge is 0.329 e. The predicted molar refractivity (Wildman–Crippen MR) is 294 cm³/mol. The average Bonchev–Trinajstić information content (AvgIpc) is 3.69. The van der Waals surface area contributed by atoms with E-state index in [0.29, 0.717) is 92.5 Å². The van der Waals surface area contributed by atoms with E-state index in [1.807, 2.05) is 44.2 Å². The molecule has 2 fully saturated rings. The highest BCUT2D eigenvalue weighted by atomic mass is 16.5. The number of para-hydroxylation sites is 1. The van der Waals surface area contributed by atoms with E-state index in [-0.39, 0.29) is 29.5 Å². The number of piperidine rings is 2. The maximum atomic E-state index is 14.5. The Kier molecular flexibility index (Phi) is 20.7. The van der Waals surface area contributed by atoms with Crippen molar-refractivity contribution in [2.75, 3.05) is 40.5 Å². The van der Waals surface area contributed by atoms with Gasteiger partial charge in [0.2, 0.25) is 11.8 Å². The highest BCUT2D eigenvalue weighted by molar-refractivity contribution is 6.24. The summed E-state index contributed by atoms with van der Waals surface area (Å²) < 4.78 is 29.9. The van der Waals surface area contributed by atoms with Crippen LogP contribution in [0.5, 0.6) is 23.0 Å². The molecule has 3 aliphatic rings. The van der Waals surface area contributed by atoms with Crippen LogP contribution in [0, 0.1) is 20.8 Å². The van der Waals surface area contributed by atoms with Gasteiger partial charge in [0.25, 0.3) is 17.7 Å². The van der Waals surface area contributed by atoms with Gasteiger partial charge in [0, 0.05) is 24.4 Å². The summed E-state index contributed by atoms with van der Waals surface area (Å²) in [7, 11) is 3.17. The van der Waals surface area contributed by atoms with Gasteiger partial charge >= 0.3 is 5.97 Å². The largest absolute Gasteiger partial charge is 0.493 e. The fraction of sp³-hybridized carbons (Fsp3) is 0.484. The second kappa shape index (κ2) is 27.8. The third-order valence-electron chi connectivity index (χ3n) is 15.2. The zero-order valence-electron chi connectivity index (χ0n) is 46.0. The Morgan fingerprint density at radius 2 is 1.51 bits per heavy atom. The van der Waals surface area contributed by atoms with Gasteiger partial charge in [-0.15, -0.1) is 0 Å².